The first-order valence-corrected chi connectivity index (χ1v) is 9.16. The highest BCUT2D eigenvalue weighted by atomic mass is 79.9. The summed E-state index contributed by atoms with van der Waals surface area (Å²) in [6.45, 7) is 1.98. The minimum Gasteiger partial charge on any atom is -0.329 e. The summed E-state index contributed by atoms with van der Waals surface area (Å²) in [5.74, 6) is 0.931. The molecular formula is C15H23BrN2S. The number of piperidine rings is 1. The van der Waals surface area contributed by atoms with Crippen molar-refractivity contribution in [2.75, 3.05) is 13.1 Å². The van der Waals surface area contributed by atoms with Crippen LogP contribution in [0.5, 0.6) is 0 Å². The second-order valence-corrected chi connectivity index (χ2v) is 7.77. The molecule has 1 aromatic heterocycles. The van der Waals surface area contributed by atoms with Gasteiger partial charge in [-0.1, -0.05) is 12.8 Å². The number of halogens is 1. The monoisotopic (exact) mass is 342 g/mol. The van der Waals surface area contributed by atoms with Crippen molar-refractivity contribution >= 4 is 27.3 Å². The summed E-state index contributed by atoms with van der Waals surface area (Å²) < 4.78 is 1.20. The molecule has 2 N–H and O–H groups in total. The van der Waals surface area contributed by atoms with Crippen LogP contribution >= 0.6 is 27.3 Å². The van der Waals surface area contributed by atoms with Gasteiger partial charge in [0, 0.05) is 27.3 Å². The van der Waals surface area contributed by atoms with E-state index in [1.54, 1.807) is 0 Å². The molecule has 3 rings (SSSR count). The first kappa shape index (κ1) is 14.1. The van der Waals surface area contributed by atoms with E-state index < -0.39 is 0 Å². The Morgan fingerprint density at radius 1 is 1.32 bits per heavy atom. The van der Waals surface area contributed by atoms with Crippen molar-refractivity contribution in [2.45, 2.75) is 50.6 Å². The Bertz CT molecular complexity index is 418. The van der Waals surface area contributed by atoms with Crippen LogP contribution in [0.2, 0.25) is 0 Å². The van der Waals surface area contributed by atoms with Gasteiger partial charge in [0.15, 0.2) is 0 Å². The van der Waals surface area contributed by atoms with E-state index in [1.807, 2.05) is 11.3 Å². The fourth-order valence-electron chi connectivity index (χ4n) is 3.97. The van der Waals surface area contributed by atoms with Crippen LogP contribution in [0.25, 0.3) is 0 Å². The molecule has 4 heteroatoms. The molecule has 1 aliphatic heterocycles. The lowest BCUT2D eigenvalue weighted by Crippen LogP contribution is -2.49. The first-order valence-electron chi connectivity index (χ1n) is 7.49. The zero-order valence-corrected chi connectivity index (χ0v) is 13.8. The van der Waals surface area contributed by atoms with Gasteiger partial charge in [0.05, 0.1) is 6.04 Å². The van der Waals surface area contributed by atoms with Crippen molar-refractivity contribution in [2.24, 2.45) is 11.7 Å². The molecule has 2 aliphatic rings. The molecule has 0 bridgehead atoms. The Morgan fingerprint density at radius 3 is 2.84 bits per heavy atom. The highest BCUT2D eigenvalue weighted by Gasteiger charge is 2.36. The normalized spacial score (nSPS) is 30.0. The van der Waals surface area contributed by atoms with E-state index in [2.05, 4.69) is 32.3 Å². The number of likely N-dealkylation sites (tertiary alicyclic amines) is 1. The molecule has 1 aromatic rings. The standard InChI is InChI=1S/C15H23BrN2S/c16-12-8-15(19-10-12)14(9-17)18-7-3-5-11-4-1-2-6-13(11)18/h8,10-11,13-14H,1-7,9,17H2/t11-,13-,14?/m1/s1. The van der Waals surface area contributed by atoms with Crippen LogP contribution in [0, 0.1) is 5.92 Å². The summed E-state index contributed by atoms with van der Waals surface area (Å²) >= 11 is 5.42. The Balaban J connectivity index is 1.81. The molecule has 2 nitrogen and oxygen atoms in total. The predicted octanol–water partition coefficient (Wildman–Crippen LogP) is 4.17. The van der Waals surface area contributed by atoms with E-state index in [4.69, 9.17) is 5.73 Å². The third kappa shape index (κ3) is 2.92. The van der Waals surface area contributed by atoms with Crippen molar-refractivity contribution in [3.8, 4) is 0 Å². The molecule has 2 fully saturated rings. The average Bonchev–Trinajstić information content (AvgIpc) is 2.86. The molecule has 2 heterocycles. The number of hydrogen-bond acceptors (Lipinski definition) is 3. The summed E-state index contributed by atoms with van der Waals surface area (Å²) in [6, 6.07) is 3.48. The van der Waals surface area contributed by atoms with Gasteiger partial charge in [-0.25, -0.2) is 0 Å². The van der Waals surface area contributed by atoms with Crippen molar-refractivity contribution in [3.63, 3.8) is 0 Å². The largest absolute Gasteiger partial charge is 0.329 e. The molecular weight excluding hydrogens is 320 g/mol. The number of hydrogen-bond donors (Lipinski definition) is 1. The molecule has 0 aromatic carbocycles. The fraction of sp³-hybridized carbons (Fsp3) is 0.733. The van der Waals surface area contributed by atoms with Crippen molar-refractivity contribution < 1.29 is 0 Å². The van der Waals surface area contributed by atoms with Gasteiger partial charge < -0.3 is 5.73 Å². The van der Waals surface area contributed by atoms with Gasteiger partial charge in [0.25, 0.3) is 0 Å². The Labute approximate surface area is 128 Å². The van der Waals surface area contributed by atoms with Gasteiger partial charge in [-0.15, -0.1) is 11.3 Å². The zero-order chi connectivity index (χ0) is 13.2. The minimum absolute atomic E-state index is 0.433. The third-order valence-electron chi connectivity index (χ3n) is 4.83. The summed E-state index contributed by atoms with van der Waals surface area (Å²) in [4.78, 5) is 4.16. The zero-order valence-electron chi connectivity index (χ0n) is 11.4. The van der Waals surface area contributed by atoms with E-state index in [0.29, 0.717) is 6.04 Å². The number of rotatable bonds is 3. The summed E-state index contributed by atoms with van der Waals surface area (Å²) in [5.41, 5.74) is 6.12. The topological polar surface area (TPSA) is 29.3 Å². The van der Waals surface area contributed by atoms with Crippen LogP contribution in [0.4, 0.5) is 0 Å². The maximum absolute atomic E-state index is 6.12. The molecule has 0 spiro atoms. The Morgan fingerprint density at radius 2 is 2.11 bits per heavy atom. The van der Waals surface area contributed by atoms with Crippen LogP contribution < -0.4 is 5.73 Å². The molecule has 1 saturated heterocycles. The van der Waals surface area contributed by atoms with E-state index in [1.165, 1.54) is 54.4 Å². The molecule has 1 unspecified atom stereocenters. The quantitative estimate of drug-likeness (QED) is 0.893. The molecule has 1 saturated carbocycles. The molecule has 106 valence electrons. The average molecular weight is 343 g/mol. The van der Waals surface area contributed by atoms with E-state index in [-0.39, 0.29) is 0 Å². The smallest absolute Gasteiger partial charge is 0.0567 e. The van der Waals surface area contributed by atoms with Gasteiger partial charge >= 0.3 is 0 Å². The van der Waals surface area contributed by atoms with Crippen LogP contribution in [0.3, 0.4) is 0 Å². The number of nitrogens with zero attached hydrogens (tertiary/aromatic N) is 1. The van der Waals surface area contributed by atoms with Crippen LogP contribution in [-0.2, 0) is 0 Å². The van der Waals surface area contributed by atoms with E-state index in [9.17, 15) is 0 Å². The SMILES string of the molecule is NCC(c1cc(Br)cs1)N1CCC[C@H]2CCCC[C@H]21. The molecule has 0 radical (unpaired) electrons. The van der Waals surface area contributed by atoms with Gasteiger partial charge in [0.1, 0.15) is 0 Å². The van der Waals surface area contributed by atoms with Gasteiger partial charge in [-0.3, -0.25) is 4.90 Å². The summed E-state index contributed by atoms with van der Waals surface area (Å²) in [7, 11) is 0. The highest BCUT2D eigenvalue weighted by Crippen LogP contribution is 2.40. The molecule has 3 atom stereocenters. The molecule has 0 amide bonds. The third-order valence-corrected chi connectivity index (χ3v) is 6.62. The first-order chi connectivity index (χ1) is 9.29. The van der Waals surface area contributed by atoms with Gasteiger partial charge in [-0.2, -0.15) is 0 Å². The van der Waals surface area contributed by atoms with Crippen LogP contribution in [-0.4, -0.2) is 24.0 Å². The Kier molecular flexibility index (Phi) is 4.62. The van der Waals surface area contributed by atoms with Crippen molar-refractivity contribution in [1.29, 1.82) is 0 Å². The second-order valence-electron chi connectivity index (χ2n) is 5.91. The van der Waals surface area contributed by atoms with Gasteiger partial charge in [-0.05, 0) is 60.1 Å². The Hall–Kier alpha value is 0.1000. The van der Waals surface area contributed by atoms with E-state index in [0.717, 1.165) is 18.5 Å². The lowest BCUT2D eigenvalue weighted by molar-refractivity contribution is 0.0287. The maximum Gasteiger partial charge on any atom is 0.0567 e. The van der Waals surface area contributed by atoms with Crippen molar-refractivity contribution in [3.05, 3.63) is 20.8 Å². The molecule has 19 heavy (non-hydrogen) atoms. The lowest BCUT2D eigenvalue weighted by Gasteiger charge is -2.47. The van der Waals surface area contributed by atoms with Crippen molar-refractivity contribution in [1.82, 2.24) is 4.90 Å². The van der Waals surface area contributed by atoms with Crippen LogP contribution in [0.15, 0.2) is 15.9 Å². The second kappa shape index (κ2) is 6.25. The summed E-state index contributed by atoms with van der Waals surface area (Å²) in [5, 5.41) is 2.18. The fourth-order valence-corrected chi connectivity index (χ4v) is 5.55. The minimum atomic E-state index is 0.433. The van der Waals surface area contributed by atoms with E-state index >= 15 is 0 Å². The van der Waals surface area contributed by atoms with Gasteiger partial charge in [0.2, 0.25) is 0 Å². The lowest BCUT2D eigenvalue weighted by atomic mass is 9.77. The predicted molar refractivity (Wildman–Crippen MR) is 85.5 cm³/mol. The summed E-state index contributed by atoms with van der Waals surface area (Å²) in [6.07, 6.45) is 8.45. The maximum atomic E-state index is 6.12. The molecule has 1 aliphatic carbocycles. The number of nitrogens with two attached hydrogens (primary N) is 1. The highest BCUT2D eigenvalue weighted by molar-refractivity contribution is 9.10. The number of thiophene rings is 1. The van der Waals surface area contributed by atoms with Crippen LogP contribution in [0.1, 0.15) is 49.4 Å². The number of fused-ring (bicyclic) bond motifs is 1.